The number of nitrogens with zero attached hydrogens (tertiary/aromatic N) is 2. The van der Waals surface area contributed by atoms with Gasteiger partial charge in [-0.2, -0.15) is 0 Å². The van der Waals surface area contributed by atoms with E-state index in [9.17, 15) is 0 Å². The first-order valence-corrected chi connectivity index (χ1v) is 13.6. The van der Waals surface area contributed by atoms with E-state index in [4.69, 9.17) is 14.1 Å². The minimum Gasteiger partial charge on any atom is -0.481 e. The topological polar surface area (TPSA) is 44.2 Å². The van der Waals surface area contributed by atoms with Gasteiger partial charge in [-0.1, -0.05) is 53.9 Å². The highest BCUT2D eigenvalue weighted by atomic mass is 28.4. The fraction of sp³-hybridized carbons (Fsp3) is 0.600. The van der Waals surface area contributed by atoms with E-state index in [1.807, 2.05) is 12.3 Å². The monoisotopic (exact) mass is 426 g/mol. The lowest BCUT2D eigenvalue weighted by atomic mass is 10.0. The van der Waals surface area contributed by atoms with Crippen molar-refractivity contribution in [2.24, 2.45) is 0 Å². The maximum absolute atomic E-state index is 6.77. The van der Waals surface area contributed by atoms with Crippen LogP contribution in [0.5, 0.6) is 5.88 Å². The molecule has 2 aromatic rings. The molecule has 0 unspecified atom stereocenters. The fourth-order valence-electron chi connectivity index (χ4n) is 5.08. The highest BCUT2D eigenvalue weighted by Gasteiger charge is 2.51. The van der Waals surface area contributed by atoms with Crippen LogP contribution in [-0.2, 0) is 17.5 Å². The second kappa shape index (κ2) is 9.61. The van der Waals surface area contributed by atoms with Crippen molar-refractivity contribution >= 4 is 13.5 Å². The zero-order valence-electron chi connectivity index (χ0n) is 19.8. The first-order chi connectivity index (χ1) is 14.4. The summed E-state index contributed by atoms with van der Waals surface area (Å²) in [5, 5.41) is 1.51. The molecule has 5 heteroatoms. The van der Waals surface area contributed by atoms with Crippen LogP contribution in [0.15, 0.2) is 18.3 Å². The van der Waals surface area contributed by atoms with Crippen LogP contribution in [0.4, 0.5) is 0 Å². The normalized spacial score (nSPS) is 15.1. The molecule has 0 atom stereocenters. The Morgan fingerprint density at radius 1 is 1.10 bits per heavy atom. The number of aromatic nitrogens is 2. The molecule has 1 aliphatic rings. The van der Waals surface area contributed by atoms with E-state index in [2.05, 4.69) is 52.6 Å². The molecule has 2 aromatic heterocycles. The molecule has 0 N–H and O–H groups in total. The number of unbranched alkanes of at least 4 members (excludes halogenated alkanes) is 3. The zero-order chi connectivity index (χ0) is 21.9. The maximum Gasteiger partial charge on any atom is 0.231 e. The van der Waals surface area contributed by atoms with Crippen molar-refractivity contribution in [1.82, 2.24) is 9.97 Å². The molecule has 4 nitrogen and oxygen atoms in total. The number of fused-ring (bicyclic) bond motifs is 1. The molecular weight excluding hydrogens is 388 g/mol. The number of rotatable bonds is 9. The van der Waals surface area contributed by atoms with E-state index in [1.165, 1.54) is 47.7 Å². The highest BCUT2D eigenvalue weighted by molar-refractivity contribution is 6.90. The van der Waals surface area contributed by atoms with E-state index in [0.29, 0.717) is 17.0 Å². The summed E-state index contributed by atoms with van der Waals surface area (Å²) < 4.78 is 12.0. The third-order valence-corrected chi connectivity index (χ3v) is 12.1. The molecular formula is C25H38N2O2Si. The van der Waals surface area contributed by atoms with E-state index in [0.717, 1.165) is 24.3 Å². The third-order valence-electron chi connectivity index (χ3n) is 6.69. The van der Waals surface area contributed by atoms with Gasteiger partial charge in [-0.25, -0.2) is 4.98 Å². The van der Waals surface area contributed by atoms with E-state index >= 15 is 0 Å². The number of hydrogen-bond donors (Lipinski definition) is 0. The smallest absolute Gasteiger partial charge is 0.231 e. The first kappa shape index (κ1) is 23.0. The summed E-state index contributed by atoms with van der Waals surface area (Å²) in [5.74, 6) is 0.631. The lowest BCUT2D eigenvalue weighted by molar-refractivity contribution is 0.299. The molecule has 0 bridgehead atoms. The Hall–Kier alpha value is -1.72. The minimum atomic E-state index is -2.09. The minimum absolute atomic E-state index is 0.530. The number of ether oxygens (including phenoxy) is 1. The average molecular weight is 427 g/mol. The summed E-state index contributed by atoms with van der Waals surface area (Å²) in [6, 6.07) is 3.99. The molecule has 0 aliphatic carbocycles. The largest absolute Gasteiger partial charge is 0.481 e. The fourth-order valence-corrected chi connectivity index (χ4v) is 10.1. The van der Waals surface area contributed by atoms with Gasteiger partial charge in [0.25, 0.3) is 0 Å². The molecule has 3 heterocycles. The van der Waals surface area contributed by atoms with Crippen LogP contribution in [0.25, 0.3) is 11.3 Å². The van der Waals surface area contributed by atoms with Gasteiger partial charge in [-0.05, 0) is 53.2 Å². The van der Waals surface area contributed by atoms with E-state index in [-0.39, 0.29) is 0 Å². The first-order valence-electron chi connectivity index (χ1n) is 11.5. The van der Waals surface area contributed by atoms with Gasteiger partial charge in [0, 0.05) is 23.5 Å². The molecule has 0 radical (unpaired) electrons. The van der Waals surface area contributed by atoms with Gasteiger partial charge in [0.05, 0.1) is 19.4 Å². The number of pyridine rings is 2. The van der Waals surface area contributed by atoms with Crippen molar-refractivity contribution in [2.45, 2.75) is 91.3 Å². The molecule has 164 valence electrons. The SMILES string of the molecule is CCCCCCc1nc(-c2ccc(OC)nc2)c(C)c2c1[Si](C(C)C)(C(C)C)OC2. The van der Waals surface area contributed by atoms with Gasteiger partial charge < -0.3 is 9.16 Å². The second-order valence-electron chi connectivity index (χ2n) is 9.18. The lowest BCUT2D eigenvalue weighted by Crippen LogP contribution is -2.54. The number of aryl methyl sites for hydroxylation is 1. The summed E-state index contributed by atoms with van der Waals surface area (Å²) in [4.78, 5) is 9.73. The van der Waals surface area contributed by atoms with Crippen molar-refractivity contribution < 1.29 is 9.16 Å². The quantitative estimate of drug-likeness (QED) is 0.360. The van der Waals surface area contributed by atoms with Crippen LogP contribution in [0.1, 0.15) is 77.1 Å². The molecule has 30 heavy (non-hydrogen) atoms. The third kappa shape index (κ3) is 4.06. The number of methoxy groups -OCH3 is 1. The highest BCUT2D eigenvalue weighted by Crippen LogP contribution is 2.41. The predicted octanol–water partition coefficient (Wildman–Crippen LogP) is 6.09. The Balaban J connectivity index is 2.14. The summed E-state index contributed by atoms with van der Waals surface area (Å²) in [6.07, 6.45) is 7.92. The molecule has 0 amide bonds. The van der Waals surface area contributed by atoms with Crippen molar-refractivity contribution in [1.29, 1.82) is 0 Å². The van der Waals surface area contributed by atoms with Gasteiger partial charge in [0.2, 0.25) is 14.2 Å². The van der Waals surface area contributed by atoms with Crippen LogP contribution in [0.2, 0.25) is 11.1 Å². The van der Waals surface area contributed by atoms with Crippen molar-refractivity contribution in [3.8, 4) is 17.1 Å². The maximum atomic E-state index is 6.77. The zero-order valence-corrected chi connectivity index (χ0v) is 20.8. The van der Waals surface area contributed by atoms with Crippen molar-refractivity contribution in [3.05, 3.63) is 35.2 Å². The Kier molecular flexibility index (Phi) is 7.35. The van der Waals surface area contributed by atoms with Crippen LogP contribution < -0.4 is 9.92 Å². The van der Waals surface area contributed by atoms with Gasteiger partial charge in [-0.3, -0.25) is 4.98 Å². The predicted molar refractivity (Wildman–Crippen MR) is 127 cm³/mol. The molecule has 0 saturated carbocycles. The Bertz CT molecular complexity index is 854. The molecule has 0 aromatic carbocycles. The summed E-state index contributed by atoms with van der Waals surface area (Å²) in [5.41, 5.74) is 7.10. The Morgan fingerprint density at radius 2 is 1.83 bits per heavy atom. The summed E-state index contributed by atoms with van der Waals surface area (Å²) >= 11 is 0. The van der Waals surface area contributed by atoms with Gasteiger partial charge in [-0.15, -0.1) is 0 Å². The van der Waals surface area contributed by atoms with Gasteiger partial charge >= 0.3 is 0 Å². The molecule has 0 spiro atoms. The molecule has 3 rings (SSSR count). The van der Waals surface area contributed by atoms with Gasteiger partial charge in [0.1, 0.15) is 0 Å². The van der Waals surface area contributed by atoms with E-state index in [1.54, 1.807) is 7.11 Å². The second-order valence-corrected chi connectivity index (χ2v) is 13.9. The van der Waals surface area contributed by atoms with Gasteiger partial charge in [0.15, 0.2) is 0 Å². The van der Waals surface area contributed by atoms with Crippen molar-refractivity contribution in [2.75, 3.05) is 7.11 Å². The Labute approximate surface area is 183 Å². The van der Waals surface area contributed by atoms with Crippen LogP contribution in [0.3, 0.4) is 0 Å². The van der Waals surface area contributed by atoms with Crippen LogP contribution >= 0.6 is 0 Å². The standard InChI is InChI=1S/C25H38N2O2Si/c1-8-9-10-11-12-22-25-21(16-29-30(25,17(2)3)18(4)5)19(6)24(27-22)20-13-14-23(28-7)26-15-20/h13-15,17-18H,8-12,16H2,1-7H3. The summed E-state index contributed by atoms with van der Waals surface area (Å²) in [7, 11) is -0.441. The molecule has 0 saturated heterocycles. The average Bonchev–Trinajstić information content (AvgIpc) is 3.15. The molecule has 0 fully saturated rings. The van der Waals surface area contributed by atoms with Crippen LogP contribution in [-0.4, -0.2) is 25.4 Å². The Morgan fingerprint density at radius 3 is 2.40 bits per heavy atom. The number of hydrogen-bond acceptors (Lipinski definition) is 4. The summed E-state index contributed by atoms with van der Waals surface area (Å²) in [6.45, 7) is 14.6. The molecule has 1 aliphatic heterocycles. The van der Waals surface area contributed by atoms with Crippen LogP contribution in [0, 0.1) is 6.92 Å². The van der Waals surface area contributed by atoms with E-state index < -0.39 is 8.32 Å². The van der Waals surface area contributed by atoms with Crippen molar-refractivity contribution in [3.63, 3.8) is 0 Å². The lowest BCUT2D eigenvalue weighted by Gasteiger charge is -2.36.